The molecule has 0 unspecified atom stereocenters. The molecule has 0 atom stereocenters. The van der Waals surface area contributed by atoms with Crippen molar-refractivity contribution in [1.29, 1.82) is 0 Å². The van der Waals surface area contributed by atoms with E-state index in [0.717, 1.165) is 23.4 Å². The van der Waals surface area contributed by atoms with Gasteiger partial charge in [-0.05, 0) is 42.3 Å². The van der Waals surface area contributed by atoms with Gasteiger partial charge < -0.3 is 9.88 Å². The van der Waals surface area contributed by atoms with Gasteiger partial charge >= 0.3 is 0 Å². The van der Waals surface area contributed by atoms with E-state index >= 15 is 0 Å². The number of hydrogen-bond donors (Lipinski definition) is 1. The van der Waals surface area contributed by atoms with Crippen molar-refractivity contribution in [3.8, 4) is 11.1 Å². The standard InChI is InChI=1S/C20H21N3O3S/c1-3-23-13-18(22-14-23)12-21-20(24)17-6-4-5-16(11-17)15-7-9-19(10-8-15)27(2,25)26/h4-11,13-14H,3,12H2,1-2H3,(H,21,24). The van der Waals surface area contributed by atoms with Crippen LogP contribution in [-0.2, 0) is 22.9 Å². The van der Waals surface area contributed by atoms with Crippen LogP contribution in [0.3, 0.4) is 0 Å². The molecule has 0 saturated carbocycles. The predicted molar refractivity (Wildman–Crippen MR) is 104 cm³/mol. The average Bonchev–Trinajstić information content (AvgIpc) is 3.14. The van der Waals surface area contributed by atoms with Crippen molar-refractivity contribution in [2.75, 3.05) is 6.26 Å². The topological polar surface area (TPSA) is 81.1 Å². The van der Waals surface area contributed by atoms with Crippen LogP contribution in [0.25, 0.3) is 11.1 Å². The van der Waals surface area contributed by atoms with Crippen molar-refractivity contribution in [3.63, 3.8) is 0 Å². The first-order chi connectivity index (χ1) is 12.9. The van der Waals surface area contributed by atoms with Crippen LogP contribution in [-0.4, -0.2) is 30.1 Å². The quantitative estimate of drug-likeness (QED) is 0.710. The van der Waals surface area contributed by atoms with Crippen molar-refractivity contribution < 1.29 is 13.2 Å². The molecule has 6 nitrogen and oxygen atoms in total. The zero-order valence-electron chi connectivity index (χ0n) is 15.2. The van der Waals surface area contributed by atoms with Gasteiger partial charge in [0.1, 0.15) is 0 Å². The minimum absolute atomic E-state index is 0.185. The molecule has 1 aromatic heterocycles. The number of aryl methyl sites for hydroxylation is 1. The first-order valence-electron chi connectivity index (χ1n) is 8.56. The lowest BCUT2D eigenvalue weighted by Gasteiger charge is -2.07. The van der Waals surface area contributed by atoms with Crippen LogP contribution in [0.1, 0.15) is 23.0 Å². The lowest BCUT2D eigenvalue weighted by atomic mass is 10.0. The van der Waals surface area contributed by atoms with Crippen LogP contribution >= 0.6 is 0 Å². The van der Waals surface area contributed by atoms with Gasteiger partial charge in [0, 0.05) is 24.6 Å². The monoisotopic (exact) mass is 383 g/mol. The fraction of sp³-hybridized carbons (Fsp3) is 0.200. The molecule has 1 N–H and O–H groups in total. The Labute approximate surface area is 158 Å². The largest absolute Gasteiger partial charge is 0.346 e. The van der Waals surface area contributed by atoms with Gasteiger partial charge in [0.05, 0.1) is 23.5 Å². The number of amides is 1. The normalized spacial score (nSPS) is 11.3. The van der Waals surface area contributed by atoms with Gasteiger partial charge in [-0.15, -0.1) is 0 Å². The van der Waals surface area contributed by atoms with Crippen LogP contribution in [0.4, 0.5) is 0 Å². The molecule has 0 bridgehead atoms. The van der Waals surface area contributed by atoms with E-state index < -0.39 is 9.84 Å². The molecule has 27 heavy (non-hydrogen) atoms. The summed E-state index contributed by atoms with van der Waals surface area (Å²) in [7, 11) is -3.23. The van der Waals surface area contributed by atoms with E-state index in [-0.39, 0.29) is 10.8 Å². The zero-order valence-corrected chi connectivity index (χ0v) is 16.0. The third-order valence-electron chi connectivity index (χ3n) is 4.22. The van der Waals surface area contributed by atoms with E-state index in [1.54, 1.807) is 48.8 Å². The number of benzene rings is 2. The van der Waals surface area contributed by atoms with Crippen LogP contribution in [0.2, 0.25) is 0 Å². The summed E-state index contributed by atoms with van der Waals surface area (Å²) in [6, 6.07) is 13.8. The molecular formula is C20H21N3O3S. The third kappa shape index (κ3) is 4.62. The number of nitrogens with zero attached hydrogens (tertiary/aromatic N) is 2. The first kappa shape index (κ1) is 18.8. The molecule has 0 aliphatic carbocycles. The minimum atomic E-state index is -3.23. The van der Waals surface area contributed by atoms with Crippen LogP contribution in [0.5, 0.6) is 0 Å². The molecule has 0 saturated heterocycles. The number of carbonyl (C=O) groups is 1. The number of imidazole rings is 1. The molecule has 2 aromatic carbocycles. The summed E-state index contributed by atoms with van der Waals surface area (Å²) in [5, 5.41) is 2.87. The highest BCUT2D eigenvalue weighted by Gasteiger charge is 2.10. The Kier molecular flexibility index (Phi) is 5.41. The summed E-state index contributed by atoms with van der Waals surface area (Å²) in [5.41, 5.74) is 3.03. The average molecular weight is 383 g/mol. The molecule has 0 fully saturated rings. The molecule has 3 rings (SSSR count). The predicted octanol–water partition coefficient (Wildman–Crippen LogP) is 2.90. The highest BCUT2D eigenvalue weighted by atomic mass is 32.2. The van der Waals surface area contributed by atoms with Gasteiger partial charge in [-0.25, -0.2) is 13.4 Å². The fourth-order valence-corrected chi connectivity index (χ4v) is 3.31. The number of sulfone groups is 1. The lowest BCUT2D eigenvalue weighted by molar-refractivity contribution is 0.0950. The second-order valence-electron chi connectivity index (χ2n) is 6.26. The van der Waals surface area contributed by atoms with E-state index in [2.05, 4.69) is 10.3 Å². The van der Waals surface area contributed by atoms with E-state index in [1.165, 1.54) is 6.26 Å². The molecule has 1 heterocycles. The number of carbonyl (C=O) groups excluding carboxylic acids is 1. The van der Waals surface area contributed by atoms with E-state index in [0.29, 0.717) is 12.1 Å². The summed E-state index contributed by atoms with van der Waals surface area (Å²) >= 11 is 0. The van der Waals surface area contributed by atoms with E-state index in [1.807, 2.05) is 23.8 Å². The van der Waals surface area contributed by atoms with Gasteiger partial charge in [-0.3, -0.25) is 4.79 Å². The summed E-state index contributed by atoms with van der Waals surface area (Å²) in [6.45, 7) is 3.22. The molecule has 0 aliphatic heterocycles. The van der Waals surface area contributed by atoms with Crippen LogP contribution in [0.15, 0.2) is 66.0 Å². The summed E-state index contributed by atoms with van der Waals surface area (Å²) < 4.78 is 25.1. The van der Waals surface area contributed by atoms with Crippen LogP contribution < -0.4 is 5.32 Å². The number of aromatic nitrogens is 2. The lowest BCUT2D eigenvalue weighted by Crippen LogP contribution is -2.22. The fourth-order valence-electron chi connectivity index (χ4n) is 2.68. The van der Waals surface area contributed by atoms with Crippen molar-refractivity contribution in [1.82, 2.24) is 14.9 Å². The molecule has 0 aliphatic rings. The third-order valence-corrected chi connectivity index (χ3v) is 5.35. The maximum absolute atomic E-state index is 12.4. The maximum atomic E-state index is 12.4. The van der Waals surface area contributed by atoms with E-state index in [9.17, 15) is 13.2 Å². The van der Waals surface area contributed by atoms with Crippen molar-refractivity contribution in [2.24, 2.45) is 0 Å². The highest BCUT2D eigenvalue weighted by Crippen LogP contribution is 2.22. The summed E-state index contributed by atoms with van der Waals surface area (Å²) in [4.78, 5) is 17.0. The van der Waals surface area contributed by atoms with Gasteiger partial charge in [0.2, 0.25) is 0 Å². The summed E-state index contributed by atoms with van der Waals surface area (Å²) in [5.74, 6) is -0.185. The molecule has 0 radical (unpaired) electrons. The molecule has 0 spiro atoms. The molecule has 7 heteroatoms. The van der Waals surface area contributed by atoms with E-state index in [4.69, 9.17) is 0 Å². The second-order valence-corrected chi connectivity index (χ2v) is 8.27. The number of nitrogens with one attached hydrogen (secondary N) is 1. The SMILES string of the molecule is CCn1cnc(CNC(=O)c2cccc(-c3ccc(S(C)(=O)=O)cc3)c2)c1. The number of hydrogen-bond acceptors (Lipinski definition) is 4. The van der Waals surface area contributed by atoms with Crippen molar-refractivity contribution >= 4 is 15.7 Å². The zero-order chi connectivity index (χ0) is 19.4. The maximum Gasteiger partial charge on any atom is 0.251 e. The second kappa shape index (κ2) is 7.75. The van der Waals surface area contributed by atoms with Gasteiger partial charge in [-0.2, -0.15) is 0 Å². The highest BCUT2D eigenvalue weighted by molar-refractivity contribution is 7.90. The smallest absolute Gasteiger partial charge is 0.251 e. The molecule has 1 amide bonds. The first-order valence-corrected chi connectivity index (χ1v) is 10.5. The Morgan fingerprint density at radius 2 is 1.85 bits per heavy atom. The molecule has 140 valence electrons. The number of rotatable bonds is 6. The van der Waals surface area contributed by atoms with Gasteiger partial charge in [-0.1, -0.05) is 24.3 Å². The molecular weight excluding hydrogens is 362 g/mol. The summed E-state index contributed by atoms with van der Waals surface area (Å²) in [6.07, 6.45) is 4.82. The van der Waals surface area contributed by atoms with Gasteiger partial charge in [0.15, 0.2) is 9.84 Å². The van der Waals surface area contributed by atoms with Crippen molar-refractivity contribution in [3.05, 3.63) is 72.3 Å². The van der Waals surface area contributed by atoms with Gasteiger partial charge in [0.25, 0.3) is 5.91 Å². The van der Waals surface area contributed by atoms with Crippen molar-refractivity contribution in [2.45, 2.75) is 24.9 Å². The Hall–Kier alpha value is -2.93. The Morgan fingerprint density at radius 3 is 2.48 bits per heavy atom. The Morgan fingerprint density at radius 1 is 1.11 bits per heavy atom. The van der Waals surface area contributed by atoms with Crippen LogP contribution in [0, 0.1) is 0 Å². The Bertz CT molecular complexity index is 1050. The molecule has 3 aromatic rings. The Balaban J connectivity index is 1.73. The minimum Gasteiger partial charge on any atom is -0.346 e.